The van der Waals surface area contributed by atoms with Crippen LogP contribution in [0.25, 0.3) is 0 Å². The number of carboxylic acid groups (broad SMARTS) is 1. The fraction of sp³-hybridized carbons (Fsp3) is 0.462. The molecule has 0 amide bonds. The van der Waals surface area contributed by atoms with Crippen LogP contribution in [0.15, 0.2) is 24.3 Å². The molecule has 80 valence electrons. The summed E-state index contributed by atoms with van der Waals surface area (Å²) in [5, 5.41) is 9.22. The van der Waals surface area contributed by atoms with Gasteiger partial charge < -0.3 is 5.11 Å². The average molecular weight is 204 g/mol. The second kappa shape index (κ2) is 3.37. The Morgan fingerprint density at radius 1 is 1.33 bits per heavy atom. The van der Waals surface area contributed by atoms with E-state index in [1.165, 1.54) is 18.4 Å². The fourth-order valence-electron chi connectivity index (χ4n) is 1.93. The van der Waals surface area contributed by atoms with Gasteiger partial charge in [-0.1, -0.05) is 24.3 Å². The summed E-state index contributed by atoms with van der Waals surface area (Å²) in [6.07, 6.45) is 2.40. The summed E-state index contributed by atoms with van der Waals surface area (Å²) in [4.78, 5) is 11.2. The second-order valence-electron chi connectivity index (χ2n) is 4.79. The lowest BCUT2D eigenvalue weighted by atomic mass is 9.81. The minimum atomic E-state index is -0.779. The van der Waals surface area contributed by atoms with Gasteiger partial charge in [-0.3, -0.25) is 4.79 Å². The Kier molecular flexibility index (Phi) is 2.29. The Balaban J connectivity index is 2.46. The minimum Gasteiger partial charge on any atom is -0.481 e. The third-order valence-corrected chi connectivity index (χ3v) is 3.19. The van der Waals surface area contributed by atoms with Crippen LogP contribution in [0.4, 0.5) is 0 Å². The zero-order valence-corrected chi connectivity index (χ0v) is 9.16. The van der Waals surface area contributed by atoms with E-state index in [4.69, 9.17) is 0 Å². The molecule has 0 unspecified atom stereocenters. The number of hydrogen-bond donors (Lipinski definition) is 1. The molecule has 1 aliphatic carbocycles. The lowest BCUT2D eigenvalue weighted by Crippen LogP contribution is -2.29. The molecular weight excluding hydrogens is 188 g/mol. The predicted octanol–water partition coefficient (Wildman–Crippen LogP) is 2.93. The largest absolute Gasteiger partial charge is 0.481 e. The highest BCUT2D eigenvalue weighted by Crippen LogP contribution is 2.44. The lowest BCUT2D eigenvalue weighted by molar-refractivity contribution is -0.142. The molecule has 1 saturated carbocycles. The van der Waals surface area contributed by atoms with Crippen molar-refractivity contribution in [2.45, 2.75) is 38.0 Å². The summed E-state index contributed by atoms with van der Waals surface area (Å²) in [5.74, 6) is -0.157. The van der Waals surface area contributed by atoms with Crippen LogP contribution in [0, 0.1) is 0 Å². The van der Waals surface area contributed by atoms with E-state index in [2.05, 4.69) is 6.07 Å². The van der Waals surface area contributed by atoms with Gasteiger partial charge in [0.05, 0.1) is 5.41 Å². The molecule has 0 heterocycles. The molecule has 1 aliphatic rings. The van der Waals surface area contributed by atoms with Crippen molar-refractivity contribution >= 4 is 5.97 Å². The van der Waals surface area contributed by atoms with Crippen molar-refractivity contribution < 1.29 is 9.90 Å². The Bertz CT molecular complexity index is 389. The highest BCUT2D eigenvalue weighted by Gasteiger charge is 2.35. The molecule has 0 spiro atoms. The van der Waals surface area contributed by atoms with Gasteiger partial charge in [-0.2, -0.15) is 0 Å². The van der Waals surface area contributed by atoms with Crippen LogP contribution in [0.1, 0.15) is 43.7 Å². The third-order valence-electron chi connectivity index (χ3n) is 3.19. The van der Waals surface area contributed by atoms with Crippen LogP contribution in [0.2, 0.25) is 0 Å². The molecule has 1 aromatic rings. The van der Waals surface area contributed by atoms with E-state index in [1.807, 2.05) is 18.2 Å². The van der Waals surface area contributed by atoms with Gasteiger partial charge in [0.1, 0.15) is 0 Å². The van der Waals surface area contributed by atoms with E-state index in [9.17, 15) is 9.90 Å². The minimum absolute atomic E-state index is 0.597. The Hall–Kier alpha value is -1.31. The molecule has 2 heteroatoms. The predicted molar refractivity (Wildman–Crippen MR) is 59.1 cm³/mol. The number of rotatable bonds is 3. The summed E-state index contributed by atoms with van der Waals surface area (Å²) < 4.78 is 0. The molecule has 1 fully saturated rings. The van der Waals surface area contributed by atoms with Crippen molar-refractivity contribution in [3.05, 3.63) is 35.4 Å². The van der Waals surface area contributed by atoms with E-state index in [-0.39, 0.29) is 0 Å². The lowest BCUT2D eigenvalue weighted by Gasteiger charge is -2.23. The molecule has 0 bridgehead atoms. The van der Waals surface area contributed by atoms with Crippen molar-refractivity contribution in [3.63, 3.8) is 0 Å². The number of benzene rings is 1. The van der Waals surface area contributed by atoms with Crippen molar-refractivity contribution in [2.24, 2.45) is 0 Å². The number of hydrogen-bond acceptors (Lipinski definition) is 1. The van der Waals surface area contributed by atoms with Gasteiger partial charge in [0.25, 0.3) is 0 Å². The Labute approximate surface area is 89.9 Å². The van der Waals surface area contributed by atoms with Crippen LogP contribution in [0.5, 0.6) is 0 Å². The standard InChI is InChI=1S/C13H16O2/c1-13(2,12(14)15)11-6-4-3-5-10(11)9-7-8-9/h3-6,9H,7-8H2,1-2H3,(H,14,15). The summed E-state index contributed by atoms with van der Waals surface area (Å²) in [7, 11) is 0. The molecule has 0 aliphatic heterocycles. The maximum atomic E-state index is 11.2. The van der Waals surface area contributed by atoms with Crippen molar-refractivity contribution in [3.8, 4) is 0 Å². The van der Waals surface area contributed by atoms with E-state index in [0.717, 1.165) is 5.56 Å². The zero-order chi connectivity index (χ0) is 11.1. The Morgan fingerprint density at radius 2 is 1.93 bits per heavy atom. The topological polar surface area (TPSA) is 37.3 Å². The van der Waals surface area contributed by atoms with E-state index >= 15 is 0 Å². The smallest absolute Gasteiger partial charge is 0.313 e. The summed E-state index contributed by atoms with van der Waals surface area (Å²) in [5.41, 5.74) is 1.42. The monoisotopic (exact) mass is 204 g/mol. The van der Waals surface area contributed by atoms with Gasteiger partial charge in [0.2, 0.25) is 0 Å². The zero-order valence-electron chi connectivity index (χ0n) is 9.16. The van der Waals surface area contributed by atoms with Gasteiger partial charge in [-0.15, -0.1) is 0 Å². The molecule has 2 rings (SSSR count). The van der Waals surface area contributed by atoms with Crippen LogP contribution in [-0.4, -0.2) is 11.1 Å². The van der Waals surface area contributed by atoms with Gasteiger partial charge in [-0.05, 0) is 43.7 Å². The van der Waals surface area contributed by atoms with Gasteiger partial charge >= 0.3 is 5.97 Å². The first kappa shape index (κ1) is 10.2. The quantitative estimate of drug-likeness (QED) is 0.822. The normalized spacial score (nSPS) is 16.4. The first-order valence-corrected chi connectivity index (χ1v) is 5.36. The molecule has 1 N–H and O–H groups in total. The fourth-order valence-corrected chi connectivity index (χ4v) is 1.93. The Morgan fingerprint density at radius 3 is 2.47 bits per heavy atom. The van der Waals surface area contributed by atoms with Gasteiger partial charge in [-0.25, -0.2) is 0 Å². The summed E-state index contributed by atoms with van der Waals surface area (Å²) >= 11 is 0. The summed E-state index contributed by atoms with van der Waals surface area (Å²) in [6, 6.07) is 7.93. The second-order valence-corrected chi connectivity index (χ2v) is 4.79. The third kappa shape index (κ3) is 1.76. The number of carbonyl (C=O) groups is 1. The molecule has 0 aromatic heterocycles. The van der Waals surface area contributed by atoms with Gasteiger partial charge in [0.15, 0.2) is 0 Å². The molecule has 15 heavy (non-hydrogen) atoms. The highest BCUT2D eigenvalue weighted by atomic mass is 16.4. The SMILES string of the molecule is CC(C)(C(=O)O)c1ccccc1C1CC1. The molecule has 2 nitrogen and oxygen atoms in total. The van der Waals surface area contributed by atoms with Crippen LogP contribution in [0.3, 0.4) is 0 Å². The molecule has 1 aromatic carbocycles. The highest BCUT2D eigenvalue weighted by molar-refractivity contribution is 5.81. The van der Waals surface area contributed by atoms with E-state index in [1.54, 1.807) is 13.8 Å². The first-order valence-electron chi connectivity index (χ1n) is 5.36. The molecule has 0 atom stereocenters. The van der Waals surface area contributed by atoms with E-state index < -0.39 is 11.4 Å². The van der Waals surface area contributed by atoms with Gasteiger partial charge in [0, 0.05) is 0 Å². The van der Waals surface area contributed by atoms with Crippen molar-refractivity contribution in [1.29, 1.82) is 0 Å². The first-order chi connectivity index (χ1) is 7.03. The van der Waals surface area contributed by atoms with Crippen LogP contribution >= 0.6 is 0 Å². The molecule has 0 radical (unpaired) electrons. The van der Waals surface area contributed by atoms with Crippen LogP contribution < -0.4 is 0 Å². The molecular formula is C13H16O2. The summed E-state index contributed by atoms with van der Waals surface area (Å²) in [6.45, 7) is 3.55. The van der Waals surface area contributed by atoms with Crippen molar-refractivity contribution in [1.82, 2.24) is 0 Å². The van der Waals surface area contributed by atoms with E-state index in [0.29, 0.717) is 5.92 Å². The molecule has 0 saturated heterocycles. The van der Waals surface area contributed by atoms with Crippen LogP contribution in [-0.2, 0) is 10.2 Å². The number of carboxylic acids is 1. The maximum absolute atomic E-state index is 11.2. The van der Waals surface area contributed by atoms with Crippen molar-refractivity contribution in [2.75, 3.05) is 0 Å². The average Bonchev–Trinajstić information content (AvgIpc) is 3.00. The maximum Gasteiger partial charge on any atom is 0.313 e. The number of aliphatic carboxylic acids is 1.